The number of alkyl halides is 2. The Bertz CT molecular complexity index is 781. The van der Waals surface area contributed by atoms with Crippen molar-refractivity contribution >= 4 is 18.3 Å². The zero-order valence-corrected chi connectivity index (χ0v) is 17.6. The van der Waals surface area contributed by atoms with Gasteiger partial charge in [0.1, 0.15) is 0 Å². The van der Waals surface area contributed by atoms with Crippen molar-refractivity contribution in [3.05, 3.63) is 18.2 Å². The SMILES string of the molecule is CN1CC[C@]2(C(=O)N3CCC(F)(F)CC3)CCCN(C(=O)c3ncc[nH]3)[C@H]2C1.O=CO. The van der Waals surface area contributed by atoms with Crippen molar-refractivity contribution in [2.24, 2.45) is 5.41 Å². The van der Waals surface area contributed by atoms with Gasteiger partial charge >= 0.3 is 0 Å². The number of rotatable bonds is 2. The smallest absolute Gasteiger partial charge is 0.290 e. The Kier molecular flexibility index (Phi) is 6.93. The summed E-state index contributed by atoms with van der Waals surface area (Å²) in [4.78, 5) is 47.4. The van der Waals surface area contributed by atoms with Crippen LogP contribution < -0.4 is 0 Å². The molecule has 1 aromatic heterocycles. The standard InChI is InChI=1S/C19H27F2N5O2.CH2O2/c1-24-10-4-18(17(28)25-11-5-19(20,21)6-12-25)3-2-9-26(14(18)13-24)16(27)15-22-7-8-23-15;2-1-3/h7-8,14H,2-6,9-13H2,1H3,(H,22,23);1H,(H,2,3)/t14-,18+;/m0./s1. The number of likely N-dealkylation sites (N-methyl/N-ethyl adjacent to an activating group) is 1. The third-order valence-corrected chi connectivity index (χ3v) is 6.63. The minimum atomic E-state index is -2.69. The van der Waals surface area contributed by atoms with E-state index in [-0.39, 0.29) is 56.1 Å². The van der Waals surface area contributed by atoms with Gasteiger partial charge in [0.05, 0.1) is 11.5 Å². The predicted octanol–water partition coefficient (Wildman–Crippen LogP) is 1.29. The minimum absolute atomic E-state index is 0.0574. The van der Waals surface area contributed by atoms with Crippen LogP contribution in [-0.4, -0.2) is 99.8 Å². The molecule has 0 aromatic carbocycles. The highest BCUT2D eigenvalue weighted by atomic mass is 19.3. The maximum Gasteiger partial charge on any atom is 0.290 e. The molecule has 2 atom stereocenters. The number of amides is 2. The molecule has 172 valence electrons. The number of likely N-dealkylation sites (tertiary alicyclic amines) is 3. The molecule has 2 amide bonds. The first-order valence-electron chi connectivity index (χ1n) is 10.5. The second-order valence-electron chi connectivity index (χ2n) is 8.48. The first-order valence-corrected chi connectivity index (χ1v) is 10.5. The van der Waals surface area contributed by atoms with Gasteiger partial charge in [-0.1, -0.05) is 0 Å². The van der Waals surface area contributed by atoms with E-state index in [0.29, 0.717) is 25.9 Å². The molecule has 0 radical (unpaired) electrons. The number of nitrogens with zero attached hydrogens (tertiary/aromatic N) is 4. The van der Waals surface area contributed by atoms with Gasteiger partial charge in [0, 0.05) is 51.4 Å². The normalized spacial score (nSPS) is 28.2. The van der Waals surface area contributed by atoms with Crippen LogP contribution in [0, 0.1) is 5.41 Å². The van der Waals surface area contributed by atoms with Crippen molar-refractivity contribution in [3.63, 3.8) is 0 Å². The van der Waals surface area contributed by atoms with E-state index in [1.807, 2.05) is 7.05 Å². The number of aromatic nitrogens is 2. The molecule has 2 N–H and O–H groups in total. The zero-order chi connectivity index (χ0) is 22.6. The largest absolute Gasteiger partial charge is 0.483 e. The molecule has 11 heteroatoms. The maximum atomic E-state index is 13.6. The fraction of sp³-hybridized carbons (Fsp3) is 0.700. The van der Waals surface area contributed by atoms with Crippen molar-refractivity contribution in [1.82, 2.24) is 24.7 Å². The van der Waals surface area contributed by atoms with E-state index in [4.69, 9.17) is 9.90 Å². The van der Waals surface area contributed by atoms with Gasteiger partial charge in [-0.2, -0.15) is 0 Å². The summed E-state index contributed by atoms with van der Waals surface area (Å²) in [5.74, 6) is -2.67. The average Bonchev–Trinajstić information content (AvgIpc) is 3.28. The van der Waals surface area contributed by atoms with Crippen molar-refractivity contribution in [3.8, 4) is 0 Å². The lowest BCUT2D eigenvalue weighted by Gasteiger charge is -2.54. The van der Waals surface area contributed by atoms with Crippen LogP contribution in [0.1, 0.15) is 42.7 Å². The third kappa shape index (κ3) is 4.70. The number of carboxylic acid groups (broad SMARTS) is 1. The lowest BCUT2D eigenvalue weighted by atomic mass is 9.67. The van der Waals surface area contributed by atoms with Crippen LogP contribution in [0.5, 0.6) is 0 Å². The van der Waals surface area contributed by atoms with Gasteiger partial charge in [-0.25, -0.2) is 13.8 Å². The molecule has 3 saturated heterocycles. The van der Waals surface area contributed by atoms with E-state index < -0.39 is 11.3 Å². The van der Waals surface area contributed by atoms with E-state index in [2.05, 4.69) is 14.9 Å². The quantitative estimate of drug-likeness (QED) is 0.670. The molecule has 0 aliphatic carbocycles. The number of fused-ring (bicyclic) bond motifs is 1. The molecular formula is C20H29F2N5O4. The summed E-state index contributed by atoms with van der Waals surface area (Å²) < 4.78 is 27.2. The van der Waals surface area contributed by atoms with E-state index in [1.165, 1.54) is 6.20 Å². The van der Waals surface area contributed by atoms with E-state index >= 15 is 0 Å². The summed E-state index contributed by atoms with van der Waals surface area (Å²) in [5, 5.41) is 6.89. The van der Waals surface area contributed by atoms with E-state index in [9.17, 15) is 18.4 Å². The molecule has 3 fully saturated rings. The summed E-state index contributed by atoms with van der Waals surface area (Å²) in [7, 11) is 1.99. The minimum Gasteiger partial charge on any atom is -0.483 e. The lowest BCUT2D eigenvalue weighted by Crippen LogP contribution is -2.67. The van der Waals surface area contributed by atoms with Gasteiger partial charge in [0.15, 0.2) is 5.82 Å². The number of halogens is 2. The van der Waals surface area contributed by atoms with E-state index in [0.717, 1.165) is 13.0 Å². The van der Waals surface area contributed by atoms with Crippen molar-refractivity contribution < 1.29 is 28.3 Å². The first-order chi connectivity index (χ1) is 14.7. The number of carbonyl (C=O) groups excluding carboxylic acids is 2. The molecule has 0 bridgehead atoms. The topological polar surface area (TPSA) is 110 Å². The molecule has 31 heavy (non-hydrogen) atoms. The number of aromatic amines is 1. The summed E-state index contributed by atoms with van der Waals surface area (Å²) in [6, 6.07) is -0.271. The Balaban J connectivity index is 0.000000858. The van der Waals surface area contributed by atoms with Gasteiger partial charge in [0.2, 0.25) is 5.91 Å². The van der Waals surface area contributed by atoms with Gasteiger partial charge < -0.3 is 24.8 Å². The number of hydrogen-bond donors (Lipinski definition) is 2. The lowest BCUT2D eigenvalue weighted by molar-refractivity contribution is -0.159. The van der Waals surface area contributed by atoms with Gasteiger partial charge in [0.25, 0.3) is 18.3 Å². The van der Waals surface area contributed by atoms with Crippen LogP contribution in [0.4, 0.5) is 8.78 Å². The highest BCUT2D eigenvalue weighted by Crippen LogP contribution is 2.45. The van der Waals surface area contributed by atoms with E-state index in [1.54, 1.807) is 16.0 Å². The van der Waals surface area contributed by atoms with Crippen LogP contribution in [0.3, 0.4) is 0 Å². The van der Waals surface area contributed by atoms with Crippen LogP contribution in [-0.2, 0) is 9.59 Å². The Morgan fingerprint density at radius 3 is 2.48 bits per heavy atom. The molecule has 4 heterocycles. The molecule has 0 unspecified atom stereocenters. The number of carbonyl (C=O) groups is 3. The highest BCUT2D eigenvalue weighted by molar-refractivity contribution is 5.92. The summed E-state index contributed by atoms with van der Waals surface area (Å²) in [6.07, 6.45) is 4.64. The molecule has 0 spiro atoms. The van der Waals surface area contributed by atoms with Gasteiger partial charge in [-0.05, 0) is 32.9 Å². The summed E-state index contributed by atoms with van der Waals surface area (Å²) >= 11 is 0. The highest BCUT2D eigenvalue weighted by Gasteiger charge is 2.55. The number of imidazole rings is 1. The average molecular weight is 441 g/mol. The Morgan fingerprint density at radius 1 is 1.19 bits per heavy atom. The molecule has 1 aromatic rings. The monoisotopic (exact) mass is 441 g/mol. The van der Waals surface area contributed by atoms with Crippen LogP contribution in [0.2, 0.25) is 0 Å². The van der Waals surface area contributed by atoms with Gasteiger partial charge in [-0.15, -0.1) is 0 Å². The van der Waals surface area contributed by atoms with Crippen molar-refractivity contribution in [2.45, 2.75) is 44.1 Å². The fourth-order valence-corrected chi connectivity index (χ4v) is 5.00. The van der Waals surface area contributed by atoms with Crippen LogP contribution >= 0.6 is 0 Å². The predicted molar refractivity (Wildman–Crippen MR) is 107 cm³/mol. The summed E-state index contributed by atoms with van der Waals surface area (Å²) in [6.45, 7) is 1.85. The molecule has 4 rings (SSSR count). The Morgan fingerprint density at radius 2 is 1.87 bits per heavy atom. The molecule has 3 aliphatic rings. The first kappa shape index (κ1) is 23.1. The second-order valence-corrected chi connectivity index (χ2v) is 8.48. The summed E-state index contributed by atoms with van der Waals surface area (Å²) in [5.41, 5.74) is -0.695. The Labute approximate surface area is 179 Å². The molecule has 0 saturated carbocycles. The number of hydrogen-bond acceptors (Lipinski definition) is 5. The van der Waals surface area contributed by atoms with Crippen LogP contribution in [0.25, 0.3) is 0 Å². The van der Waals surface area contributed by atoms with Crippen molar-refractivity contribution in [2.75, 3.05) is 39.8 Å². The number of H-pyrrole nitrogens is 1. The molecule has 3 aliphatic heterocycles. The Hall–Kier alpha value is -2.56. The zero-order valence-electron chi connectivity index (χ0n) is 17.6. The maximum absolute atomic E-state index is 13.6. The second kappa shape index (κ2) is 9.29. The van der Waals surface area contributed by atoms with Crippen LogP contribution in [0.15, 0.2) is 12.4 Å². The number of nitrogens with one attached hydrogen (secondary N) is 1. The van der Waals surface area contributed by atoms with Gasteiger partial charge in [-0.3, -0.25) is 14.4 Å². The van der Waals surface area contributed by atoms with Crippen molar-refractivity contribution in [1.29, 1.82) is 0 Å². The fourth-order valence-electron chi connectivity index (χ4n) is 5.00. The molecular weight excluding hydrogens is 412 g/mol. The third-order valence-electron chi connectivity index (χ3n) is 6.63. The number of piperidine rings is 3. The molecule has 9 nitrogen and oxygen atoms in total.